The maximum absolute atomic E-state index is 11.7. The first-order valence-electron chi connectivity index (χ1n) is 7.78. The van der Waals surface area contributed by atoms with Gasteiger partial charge >= 0.3 is 0 Å². The maximum atomic E-state index is 11.7. The molecule has 0 saturated carbocycles. The predicted octanol–water partition coefficient (Wildman–Crippen LogP) is 3.77. The molecule has 1 aromatic carbocycles. The van der Waals surface area contributed by atoms with Gasteiger partial charge in [0, 0.05) is 11.6 Å². The third kappa shape index (κ3) is 4.97. The molecule has 0 radical (unpaired) electrons. The Morgan fingerprint density at radius 2 is 1.90 bits per heavy atom. The number of carbonyl (C=O) groups excluding carboxylic acids is 1. The van der Waals surface area contributed by atoms with Crippen LogP contribution < -0.4 is 10.6 Å². The van der Waals surface area contributed by atoms with Gasteiger partial charge in [-0.1, -0.05) is 39.8 Å². The van der Waals surface area contributed by atoms with Crippen LogP contribution in [0.4, 0.5) is 5.69 Å². The van der Waals surface area contributed by atoms with E-state index in [9.17, 15) is 4.79 Å². The van der Waals surface area contributed by atoms with Crippen LogP contribution in [0, 0.1) is 5.92 Å². The molecule has 112 valence electrons. The molecule has 2 rings (SSSR count). The zero-order valence-corrected chi connectivity index (χ0v) is 13.2. The van der Waals surface area contributed by atoms with Crippen LogP contribution in [0.1, 0.15) is 52.0 Å². The van der Waals surface area contributed by atoms with Gasteiger partial charge in [-0.25, -0.2) is 0 Å². The van der Waals surface area contributed by atoms with Crippen molar-refractivity contribution < 1.29 is 4.79 Å². The Bertz CT molecular complexity index is 409. The SMILES string of the molecule is CC.CC(C)C(=O)Nc1cccc(C2CCNCC2)c1. The number of piperidine rings is 1. The molecule has 0 aromatic heterocycles. The molecule has 1 saturated heterocycles. The van der Waals surface area contributed by atoms with E-state index in [1.165, 1.54) is 18.4 Å². The number of anilines is 1. The molecule has 3 heteroatoms. The van der Waals surface area contributed by atoms with Crippen molar-refractivity contribution in [3.8, 4) is 0 Å². The molecule has 1 aliphatic rings. The summed E-state index contributed by atoms with van der Waals surface area (Å²) in [6.45, 7) is 10.00. The molecule has 0 atom stereocenters. The zero-order chi connectivity index (χ0) is 15.0. The van der Waals surface area contributed by atoms with Crippen molar-refractivity contribution in [2.75, 3.05) is 18.4 Å². The molecule has 1 aromatic rings. The molecule has 0 unspecified atom stereocenters. The van der Waals surface area contributed by atoms with Crippen LogP contribution in [-0.4, -0.2) is 19.0 Å². The van der Waals surface area contributed by atoms with E-state index in [0.29, 0.717) is 5.92 Å². The van der Waals surface area contributed by atoms with Gasteiger partial charge in [-0.2, -0.15) is 0 Å². The van der Waals surface area contributed by atoms with E-state index in [0.717, 1.165) is 18.8 Å². The van der Waals surface area contributed by atoms with Crippen LogP contribution in [0.25, 0.3) is 0 Å². The first-order valence-corrected chi connectivity index (χ1v) is 7.78. The summed E-state index contributed by atoms with van der Waals surface area (Å²) in [6, 6.07) is 8.29. The molecule has 0 bridgehead atoms. The minimum Gasteiger partial charge on any atom is -0.326 e. The average Bonchev–Trinajstić information content (AvgIpc) is 2.50. The minimum absolute atomic E-state index is 0.0209. The lowest BCUT2D eigenvalue weighted by molar-refractivity contribution is -0.118. The largest absolute Gasteiger partial charge is 0.326 e. The molecule has 1 amide bonds. The number of carbonyl (C=O) groups is 1. The van der Waals surface area contributed by atoms with Crippen molar-refractivity contribution in [1.82, 2.24) is 5.32 Å². The van der Waals surface area contributed by atoms with E-state index >= 15 is 0 Å². The molecule has 1 heterocycles. The van der Waals surface area contributed by atoms with Gasteiger partial charge in [0.15, 0.2) is 0 Å². The van der Waals surface area contributed by atoms with E-state index in [-0.39, 0.29) is 11.8 Å². The number of hydrogen-bond donors (Lipinski definition) is 2. The fourth-order valence-corrected chi connectivity index (χ4v) is 2.31. The fourth-order valence-electron chi connectivity index (χ4n) is 2.31. The Hall–Kier alpha value is -1.35. The quantitative estimate of drug-likeness (QED) is 0.882. The van der Waals surface area contributed by atoms with Gasteiger partial charge in [0.25, 0.3) is 0 Å². The minimum atomic E-state index is 0.0209. The molecule has 0 spiro atoms. The average molecular weight is 276 g/mol. The third-order valence-corrected chi connectivity index (χ3v) is 3.49. The monoisotopic (exact) mass is 276 g/mol. The molecule has 1 fully saturated rings. The topological polar surface area (TPSA) is 41.1 Å². The first kappa shape index (κ1) is 16.7. The van der Waals surface area contributed by atoms with E-state index in [4.69, 9.17) is 0 Å². The van der Waals surface area contributed by atoms with Crippen molar-refractivity contribution >= 4 is 11.6 Å². The summed E-state index contributed by atoms with van der Waals surface area (Å²) in [5.41, 5.74) is 2.27. The molecule has 20 heavy (non-hydrogen) atoms. The zero-order valence-electron chi connectivity index (χ0n) is 13.2. The lowest BCUT2D eigenvalue weighted by atomic mass is 9.90. The fraction of sp³-hybridized carbons (Fsp3) is 0.588. The number of benzene rings is 1. The second-order valence-electron chi connectivity index (χ2n) is 5.29. The van der Waals surface area contributed by atoms with Crippen molar-refractivity contribution in [3.05, 3.63) is 29.8 Å². The molecule has 0 aliphatic carbocycles. The van der Waals surface area contributed by atoms with Gasteiger partial charge < -0.3 is 10.6 Å². The van der Waals surface area contributed by atoms with Crippen LogP contribution in [-0.2, 0) is 4.79 Å². The predicted molar refractivity (Wildman–Crippen MR) is 86.1 cm³/mol. The summed E-state index contributed by atoms with van der Waals surface area (Å²) in [6.07, 6.45) is 2.36. The second kappa shape index (κ2) is 8.75. The van der Waals surface area contributed by atoms with Crippen LogP contribution in [0.5, 0.6) is 0 Å². The maximum Gasteiger partial charge on any atom is 0.226 e. The van der Waals surface area contributed by atoms with Gasteiger partial charge in [0.1, 0.15) is 0 Å². The van der Waals surface area contributed by atoms with E-state index in [1.807, 2.05) is 39.8 Å². The summed E-state index contributed by atoms with van der Waals surface area (Å²) in [5, 5.41) is 6.34. The normalized spacial score (nSPS) is 15.4. The molecule has 1 aliphatic heterocycles. The number of amides is 1. The molecular formula is C17H28N2O. The molecule has 3 nitrogen and oxygen atoms in total. The van der Waals surface area contributed by atoms with Gasteiger partial charge in [0.05, 0.1) is 0 Å². The third-order valence-electron chi connectivity index (χ3n) is 3.49. The number of hydrogen-bond acceptors (Lipinski definition) is 2. The van der Waals surface area contributed by atoms with Gasteiger partial charge in [-0.05, 0) is 49.5 Å². The van der Waals surface area contributed by atoms with Gasteiger partial charge in [-0.3, -0.25) is 4.79 Å². The highest BCUT2D eigenvalue weighted by Gasteiger charge is 2.15. The van der Waals surface area contributed by atoms with Crippen LogP contribution in [0.3, 0.4) is 0 Å². The van der Waals surface area contributed by atoms with E-state index in [1.54, 1.807) is 0 Å². The standard InChI is InChI=1S/C15H22N2O.C2H6/c1-11(2)15(18)17-14-5-3-4-13(10-14)12-6-8-16-9-7-12;1-2/h3-5,10-12,16H,6-9H2,1-2H3,(H,17,18);1-2H3. The van der Waals surface area contributed by atoms with Crippen molar-refractivity contribution in [2.24, 2.45) is 5.92 Å². The second-order valence-corrected chi connectivity index (χ2v) is 5.29. The lowest BCUT2D eigenvalue weighted by Gasteiger charge is -2.23. The Balaban J connectivity index is 0.000000956. The van der Waals surface area contributed by atoms with Crippen LogP contribution in [0.15, 0.2) is 24.3 Å². The Morgan fingerprint density at radius 1 is 1.25 bits per heavy atom. The summed E-state index contributed by atoms with van der Waals surface area (Å²) >= 11 is 0. The number of nitrogens with one attached hydrogen (secondary N) is 2. The lowest BCUT2D eigenvalue weighted by Crippen LogP contribution is -2.26. The highest BCUT2D eigenvalue weighted by atomic mass is 16.1. The Morgan fingerprint density at radius 3 is 2.50 bits per heavy atom. The molecular weight excluding hydrogens is 248 g/mol. The summed E-state index contributed by atoms with van der Waals surface area (Å²) < 4.78 is 0. The summed E-state index contributed by atoms with van der Waals surface area (Å²) in [5.74, 6) is 0.729. The van der Waals surface area contributed by atoms with Crippen molar-refractivity contribution in [3.63, 3.8) is 0 Å². The Labute approximate surface area is 123 Å². The number of rotatable bonds is 3. The summed E-state index contributed by atoms with van der Waals surface area (Å²) in [4.78, 5) is 11.7. The van der Waals surface area contributed by atoms with Crippen LogP contribution >= 0.6 is 0 Å². The summed E-state index contributed by atoms with van der Waals surface area (Å²) in [7, 11) is 0. The highest BCUT2D eigenvalue weighted by Crippen LogP contribution is 2.27. The Kier molecular flexibility index (Phi) is 7.31. The van der Waals surface area contributed by atoms with Gasteiger partial charge in [0.2, 0.25) is 5.91 Å². The van der Waals surface area contributed by atoms with Crippen molar-refractivity contribution in [1.29, 1.82) is 0 Å². The van der Waals surface area contributed by atoms with Crippen molar-refractivity contribution in [2.45, 2.75) is 46.5 Å². The van der Waals surface area contributed by atoms with E-state index < -0.39 is 0 Å². The van der Waals surface area contributed by atoms with Crippen LogP contribution in [0.2, 0.25) is 0 Å². The van der Waals surface area contributed by atoms with E-state index in [2.05, 4.69) is 22.8 Å². The van der Waals surface area contributed by atoms with Gasteiger partial charge in [-0.15, -0.1) is 0 Å². The molecule has 2 N–H and O–H groups in total. The first-order chi connectivity index (χ1) is 9.66. The highest BCUT2D eigenvalue weighted by molar-refractivity contribution is 5.92. The smallest absolute Gasteiger partial charge is 0.226 e.